The van der Waals surface area contributed by atoms with Gasteiger partial charge in [0.1, 0.15) is 5.75 Å². The van der Waals surface area contributed by atoms with E-state index >= 15 is 4.39 Å². The SMILES string of the molecule is COc1cc2c(Oc3ccc(NC(=O)C(=O)N[C@H](C)c4ccccc4)cc3F)ccnc2cc1OCC1CCNCC1. The van der Waals surface area contributed by atoms with Gasteiger partial charge in [0, 0.05) is 29.4 Å². The van der Waals surface area contributed by atoms with E-state index in [1.54, 1.807) is 38.4 Å². The Morgan fingerprint density at radius 3 is 2.50 bits per heavy atom. The Morgan fingerprint density at radius 1 is 0.976 bits per heavy atom. The number of ether oxygens (including phenoxy) is 3. The van der Waals surface area contributed by atoms with Gasteiger partial charge in [0.2, 0.25) is 0 Å². The molecule has 5 rings (SSSR count). The summed E-state index contributed by atoms with van der Waals surface area (Å²) in [6, 6.07) is 18.0. The van der Waals surface area contributed by atoms with Gasteiger partial charge in [-0.1, -0.05) is 30.3 Å². The molecule has 0 radical (unpaired) electrons. The minimum Gasteiger partial charge on any atom is -0.493 e. The van der Waals surface area contributed by atoms with E-state index in [1.165, 1.54) is 12.1 Å². The normalized spacial score (nSPS) is 14.2. The Balaban J connectivity index is 1.26. The van der Waals surface area contributed by atoms with Gasteiger partial charge in [0.25, 0.3) is 0 Å². The van der Waals surface area contributed by atoms with Crippen LogP contribution in [0, 0.1) is 11.7 Å². The molecule has 3 aromatic carbocycles. The molecular formula is C32H33FN4O5. The molecule has 2 heterocycles. The topological polar surface area (TPSA) is 111 Å². The summed E-state index contributed by atoms with van der Waals surface area (Å²) >= 11 is 0. The zero-order valence-electron chi connectivity index (χ0n) is 23.5. The molecule has 9 nitrogen and oxygen atoms in total. The Morgan fingerprint density at radius 2 is 1.76 bits per heavy atom. The average molecular weight is 573 g/mol. The zero-order chi connectivity index (χ0) is 29.5. The second-order valence-corrected chi connectivity index (χ2v) is 10.1. The van der Waals surface area contributed by atoms with Crippen LogP contribution in [0.5, 0.6) is 23.0 Å². The third-order valence-electron chi connectivity index (χ3n) is 7.18. The quantitative estimate of drug-likeness (QED) is 0.231. The molecule has 0 bridgehead atoms. The number of methoxy groups -OCH3 is 1. The van der Waals surface area contributed by atoms with Crippen molar-refractivity contribution in [1.82, 2.24) is 15.6 Å². The number of rotatable bonds is 9. The van der Waals surface area contributed by atoms with Crippen molar-refractivity contribution in [3.63, 3.8) is 0 Å². The van der Waals surface area contributed by atoms with Crippen LogP contribution in [0.2, 0.25) is 0 Å². The van der Waals surface area contributed by atoms with Gasteiger partial charge in [-0.3, -0.25) is 14.6 Å². The first-order chi connectivity index (χ1) is 20.4. The summed E-state index contributed by atoms with van der Waals surface area (Å²) in [7, 11) is 1.56. The van der Waals surface area contributed by atoms with Crippen molar-refractivity contribution in [2.45, 2.75) is 25.8 Å². The highest BCUT2D eigenvalue weighted by Crippen LogP contribution is 2.38. The lowest BCUT2D eigenvalue weighted by Gasteiger charge is -2.23. The smallest absolute Gasteiger partial charge is 0.313 e. The highest BCUT2D eigenvalue weighted by molar-refractivity contribution is 6.39. The van der Waals surface area contributed by atoms with Crippen molar-refractivity contribution < 1.29 is 28.2 Å². The van der Waals surface area contributed by atoms with E-state index in [-0.39, 0.29) is 17.5 Å². The summed E-state index contributed by atoms with van der Waals surface area (Å²) in [5.41, 5.74) is 1.58. The van der Waals surface area contributed by atoms with Gasteiger partial charge in [-0.15, -0.1) is 0 Å². The van der Waals surface area contributed by atoms with Gasteiger partial charge < -0.3 is 30.2 Å². The predicted molar refractivity (Wildman–Crippen MR) is 157 cm³/mol. The van der Waals surface area contributed by atoms with Gasteiger partial charge in [0.05, 0.1) is 25.3 Å². The Labute approximate surface area is 243 Å². The fraction of sp³-hybridized carbons (Fsp3) is 0.281. The number of nitrogens with zero attached hydrogens (tertiary/aromatic N) is 1. The van der Waals surface area contributed by atoms with E-state index in [9.17, 15) is 9.59 Å². The number of carbonyl (C=O) groups is 2. The number of benzene rings is 3. The van der Waals surface area contributed by atoms with Crippen LogP contribution >= 0.6 is 0 Å². The van der Waals surface area contributed by atoms with Crippen LogP contribution in [-0.2, 0) is 9.59 Å². The number of hydrogen-bond donors (Lipinski definition) is 3. The van der Waals surface area contributed by atoms with Crippen molar-refractivity contribution in [2.75, 3.05) is 32.1 Å². The van der Waals surface area contributed by atoms with E-state index in [0.29, 0.717) is 40.7 Å². The largest absolute Gasteiger partial charge is 0.493 e. The number of nitrogens with one attached hydrogen (secondary N) is 3. The van der Waals surface area contributed by atoms with E-state index < -0.39 is 17.6 Å². The van der Waals surface area contributed by atoms with Crippen molar-refractivity contribution in [1.29, 1.82) is 0 Å². The van der Waals surface area contributed by atoms with Crippen molar-refractivity contribution in [2.24, 2.45) is 5.92 Å². The number of fused-ring (bicyclic) bond motifs is 1. The summed E-state index contributed by atoms with van der Waals surface area (Å²) in [4.78, 5) is 29.2. The number of halogens is 1. The molecule has 218 valence electrons. The predicted octanol–water partition coefficient (Wildman–Crippen LogP) is 5.37. The monoisotopic (exact) mass is 572 g/mol. The van der Waals surface area contributed by atoms with Gasteiger partial charge in [-0.25, -0.2) is 4.39 Å². The fourth-order valence-corrected chi connectivity index (χ4v) is 4.80. The maximum atomic E-state index is 15.1. The number of hydrogen-bond acceptors (Lipinski definition) is 7. The molecular weight excluding hydrogens is 539 g/mol. The van der Waals surface area contributed by atoms with Crippen LogP contribution in [0.25, 0.3) is 10.9 Å². The molecule has 4 aromatic rings. The first-order valence-corrected chi connectivity index (χ1v) is 13.9. The molecule has 2 amide bonds. The first kappa shape index (κ1) is 28.8. The maximum Gasteiger partial charge on any atom is 0.313 e. The number of pyridine rings is 1. The molecule has 0 unspecified atom stereocenters. The molecule has 1 fully saturated rings. The van der Waals surface area contributed by atoms with Crippen LogP contribution in [-0.4, -0.2) is 43.6 Å². The minimum absolute atomic E-state index is 0.0622. The van der Waals surface area contributed by atoms with Crippen LogP contribution < -0.4 is 30.2 Å². The number of carbonyl (C=O) groups excluding carboxylic acids is 2. The summed E-state index contributed by atoms with van der Waals surface area (Å²) in [6.07, 6.45) is 3.68. The van der Waals surface area contributed by atoms with Gasteiger partial charge in [-0.2, -0.15) is 0 Å². The second kappa shape index (κ2) is 13.3. The Bertz CT molecular complexity index is 1560. The molecule has 1 saturated heterocycles. The first-order valence-electron chi connectivity index (χ1n) is 13.9. The molecule has 1 aliphatic rings. The standard InChI is InChI=1S/C32H33FN4O5/c1-20(22-6-4-3-5-7-22)36-31(38)32(39)37-23-8-9-28(25(33)16-23)42-27-12-15-35-26-18-30(29(40-2)17-24(26)27)41-19-21-10-13-34-14-11-21/h3-9,12,15-18,20-21,34H,10-11,13-14,19H2,1-2H3,(H,36,38)(H,37,39)/t20-/m1/s1. The van der Waals surface area contributed by atoms with Gasteiger partial charge in [0.15, 0.2) is 23.1 Å². The molecule has 3 N–H and O–H groups in total. The fourth-order valence-electron chi connectivity index (χ4n) is 4.80. The van der Waals surface area contributed by atoms with E-state index in [1.807, 2.05) is 30.3 Å². The molecule has 0 saturated carbocycles. The number of aromatic nitrogens is 1. The number of anilines is 1. The lowest BCUT2D eigenvalue weighted by molar-refractivity contribution is -0.136. The van der Waals surface area contributed by atoms with E-state index in [0.717, 1.165) is 37.6 Å². The zero-order valence-corrected chi connectivity index (χ0v) is 23.5. The van der Waals surface area contributed by atoms with Crippen LogP contribution in [0.4, 0.5) is 10.1 Å². The molecule has 0 aliphatic carbocycles. The average Bonchev–Trinajstić information content (AvgIpc) is 3.01. The van der Waals surface area contributed by atoms with Gasteiger partial charge in [-0.05, 0) is 68.6 Å². The van der Waals surface area contributed by atoms with Crippen molar-refractivity contribution >= 4 is 28.4 Å². The lowest BCUT2D eigenvalue weighted by atomic mass is 9.99. The molecule has 10 heteroatoms. The highest BCUT2D eigenvalue weighted by atomic mass is 19.1. The van der Waals surface area contributed by atoms with Crippen molar-refractivity contribution in [3.05, 3.63) is 84.3 Å². The third-order valence-corrected chi connectivity index (χ3v) is 7.18. The van der Waals surface area contributed by atoms with Crippen LogP contribution in [0.3, 0.4) is 0 Å². The summed E-state index contributed by atoms with van der Waals surface area (Å²) in [5.74, 6) is -0.572. The van der Waals surface area contributed by atoms with Crippen molar-refractivity contribution in [3.8, 4) is 23.0 Å². The number of amides is 2. The third kappa shape index (κ3) is 6.95. The molecule has 1 aromatic heterocycles. The highest BCUT2D eigenvalue weighted by Gasteiger charge is 2.19. The van der Waals surface area contributed by atoms with Crippen LogP contribution in [0.15, 0.2) is 72.9 Å². The number of piperidine rings is 1. The minimum atomic E-state index is -0.906. The molecule has 0 spiro atoms. The molecule has 1 atom stereocenters. The maximum absolute atomic E-state index is 15.1. The lowest BCUT2D eigenvalue weighted by Crippen LogP contribution is -2.36. The summed E-state index contributed by atoms with van der Waals surface area (Å²) in [5, 5.41) is 9.03. The van der Waals surface area contributed by atoms with E-state index in [4.69, 9.17) is 14.2 Å². The summed E-state index contributed by atoms with van der Waals surface area (Å²) in [6.45, 7) is 4.33. The Hall–Kier alpha value is -4.70. The second-order valence-electron chi connectivity index (χ2n) is 10.1. The van der Waals surface area contributed by atoms with E-state index in [2.05, 4.69) is 20.9 Å². The molecule has 42 heavy (non-hydrogen) atoms. The summed E-state index contributed by atoms with van der Waals surface area (Å²) < 4.78 is 32.7. The molecule has 1 aliphatic heterocycles. The van der Waals surface area contributed by atoms with Crippen LogP contribution in [0.1, 0.15) is 31.4 Å². The Kier molecular flexibility index (Phi) is 9.13. The van der Waals surface area contributed by atoms with Gasteiger partial charge >= 0.3 is 11.8 Å².